The lowest BCUT2D eigenvalue weighted by Crippen LogP contribution is -2.34. The Morgan fingerprint density at radius 1 is 1.45 bits per heavy atom. The van der Waals surface area contributed by atoms with Gasteiger partial charge in [0.15, 0.2) is 0 Å². The number of anilines is 1. The molecule has 2 bridgehead atoms. The number of esters is 1. The van der Waals surface area contributed by atoms with Crippen molar-refractivity contribution < 1.29 is 19.4 Å². The van der Waals surface area contributed by atoms with E-state index >= 15 is 0 Å². The molecule has 3 rings (SSSR count). The molecular weight excluding hydrogens is 260 g/mol. The second-order valence-electron chi connectivity index (χ2n) is 5.25. The molecule has 20 heavy (non-hydrogen) atoms. The number of nitrogens with zero attached hydrogens (tertiary/aromatic N) is 2. The smallest absolute Gasteiger partial charge is 0.341 e. The first-order valence-electron chi connectivity index (χ1n) is 6.68. The number of rotatable bonds is 3. The summed E-state index contributed by atoms with van der Waals surface area (Å²) >= 11 is 0. The van der Waals surface area contributed by atoms with Gasteiger partial charge < -0.3 is 14.7 Å². The van der Waals surface area contributed by atoms with Gasteiger partial charge in [0.2, 0.25) is 0 Å². The zero-order valence-electron chi connectivity index (χ0n) is 11.2. The zero-order chi connectivity index (χ0) is 14.3. The SMILES string of the molecule is COC(=O)c1cccnc1N1C2CCC1C(C(=O)O)C2. The van der Waals surface area contributed by atoms with Crippen LogP contribution in [0.25, 0.3) is 0 Å². The van der Waals surface area contributed by atoms with Crippen LogP contribution in [0, 0.1) is 5.92 Å². The first kappa shape index (κ1) is 12.9. The van der Waals surface area contributed by atoms with Crippen molar-refractivity contribution in [3.05, 3.63) is 23.9 Å². The summed E-state index contributed by atoms with van der Waals surface area (Å²) < 4.78 is 4.78. The van der Waals surface area contributed by atoms with Crippen molar-refractivity contribution in [2.45, 2.75) is 31.3 Å². The molecule has 3 atom stereocenters. The van der Waals surface area contributed by atoms with Gasteiger partial charge in [0.05, 0.1) is 13.0 Å². The number of pyridine rings is 1. The van der Waals surface area contributed by atoms with Crippen molar-refractivity contribution in [3.8, 4) is 0 Å². The van der Waals surface area contributed by atoms with Crippen LogP contribution in [0.4, 0.5) is 5.82 Å². The van der Waals surface area contributed by atoms with Gasteiger partial charge >= 0.3 is 11.9 Å². The molecule has 1 aromatic rings. The molecule has 2 saturated heterocycles. The fraction of sp³-hybridized carbons (Fsp3) is 0.500. The van der Waals surface area contributed by atoms with Crippen LogP contribution in [0.15, 0.2) is 18.3 Å². The van der Waals surface area contributed by atoms with Crippen molar-refractivity contribution in [1.29, 1.82) is 0 Å². The first-order chi connectivity index (χ1) is 9.63. The molecule has 6 nitrogen and oxygen atoms in total. The van der Waals surface area contributed by atoms with E-state index in [4.69, 9.17) is 4.74 Å². The number of carbonyl (C=O) groups is 2. The number of carbonyl (C=O) groups excluding carboxylic acids is 1. The van der Waals surface area contributed by atoms with E-state index in [1.165, 1.54) is 7.11 Å². The standard InChI is InChI=1S/C14H16N2O4/c1-20-14(19)9-3-2-6-15-12(9)16-8-4-5-11(16)10(7-8)13(17)18/h2-3,6,8,10-11H,4-5,7H2,1H3,(H,17,18). The van der Waals surface area contributed by atoms with Gasteiger partial charge in [0, 0.05) is 18.3 Å². The van der Waals surface area contributed by atoms with Gasteiger partial charge in [0.1, 0.15) is 11.4 Å². The van der Waals surface area contributed by atoms with Crippen LogP contribution in [0.5, 0.6) is 0 Å². The molecule has 0 aromatic carbocycles. The molecule has 3 unspecified atom stereocenters. The Bertz CT molecular complexity index is 560. The van der Waals surface area contributed by atoms with E-state index in [1.54, 1.807) is 18.3 Å². The highest BCUT2D eigenvalue weighted by molar-refractivity contribution is 5.95. The van der Waals surface area contributed by atoms with Crippen molar-refractivity contribution in [1.82, 2.24) is 4.98 Å². The third kappa shape index (κ3) is 1.83. The number of aromatic nitrogens is 1. The maximum Gasteiger partial charge on any atom is 0.341 e. The topological polar surface area (TPSA) is 79.7 Å². The lowest BCUT2D eigenvalue weighted by atomic mass is 9.89. The molecule has 6 heteroatoms. The predicted molar refractivity (Wildman–Crippen MR) is 70.6 cm³/mol. The number of hydrogen-bond donors (Lipinski definition) is 1. The van der Waals surface area contributed by atoms with Crippen molar-refractivity contribution in [2.75, 3.05) is 12.0 Å². The van der Waals surface area contributed by atoms with Gasteiger partial charge in [0.25, 0.3) is 0 Å². The van der Waals surface area contributed by atoms with Gasteiger partial charge in [-0.2, -0.15) is 0 Å². The highest BCUT2D eigenvalue weighted by atomic mass is 16.5. The van der Waals surface area contributed by atoms with Crippen molar-refractivity contribution >= 4 is 17.8 Å². The van der Waals surface area contributed by atoms with Crippen LogP contribution in [-0.4, -0.2) is 41.2 Å². The second kappa shape index (κ2) is 4.77. The first-order valence-corrected chi connectivity index (χ1v) is 6.68. The predicted octanol–water partition coefficient (Wildman–Crippen LogP) is 1.31. The highest BCUT2D eigenvalue weighted by Gasteiger charge is 2.50. The van der Waals surface area contributed by atoms with Crippen LogP contribution in [0.1, 0.15) is 29.6 Å². The summed E-state index contributed by atoms with van der Waals surface area (Å²) in [5.41, 5.74) is 0.401. The summed E-state index contributed by atoms with van der Waals surface area (Å²) in [6, 6.07) is 3.43. The minimum Gasteiger partial charge on any atom is -0.481 e. The molecule has 0 aliphatic carbocycles. The van der Waals surface area contributed by atoms with Gasteiger partial charge in [-0.15, -0.1) is 0 Å². The molecule has 2 aliphatic heterocycles. The van der Waals surface area contributed by atoms with Crippen LogP contribution in [0.3, 0.4) is 0 Å². The molecule has 0 radical (unpaired) electrons. The Labute approximate surface area is 116 Å². The van der Waals surface area contributed by atoms with E-state index in [9.17, 15) is 14.7 Å². The summed E-state index contributed by atoms with van der Waals surface area (Å²) in [7, 11) is 1.33. The number of carboxylic acid groups (broad SMARTS) is 1. The molecule has 3 heterocycles. The number of carboxylic acids is 1. The van der Waals surface area contributed by atoms with Gasteiger partial charge in [-0.25, -0.2) is 9.78 Å². The van der Waals surface area contributed by atoms with E-state index in [2.05, 4.69) is 4.98 Å². The monoisotopic (exact) mass is 276 g/mol. The number of methoxy groups -OCH3 is 1. The van der Waals surface area contributed by atoms with Crippen LogP contribution < -0.4 is 4.90 Å². The van der Waals surface area contributed by atoms with Gasteiger partial charge in [-0.05, 0) is 31.4 Å². The summed E-state index contributed by atoms with van der Waals surface area (Å²) in [6.45, 7) is 0. The minimum atomic E-state index is -0.766. The molecule has 0 spiro atoms. The van der Waals surface area contributed by atoms with E-state index in [0.29, 0.717) is 17.8 Å². The summed E-state index contributed by atoms with van der Waals surface area (Å²) in [5, 5.41) is 9.29. The van der Waals surface area contributed by atoms with Crippen LogP contribution >= 0.6 is 0 Å². The Balaban J connectivity index is 1.99. The second-order valence-corrected chi connectivity index (χ2v) is 5.25. The van der Waals surface area contributed by atoms with E-state index in [-0.39, 0.29) is 18.0 Å². The minimum absolute atomic E-state index is 0.0733. The highest BCUT2D eigenvalue weighted by Crippen LogP contribution is 2.44. The molecule has 1 aromatic heterocycles. The number of ether oxygens (including phenoxy) is 1. The molecular formula is C14H16N2O4. The third-order valence-electron chi connectivity index (χ3n) is 4.29. The molecule has 0 amide bonds. The summed E-state index contributed by atoms with van der Waals surface area (Å²) in [6.07, 6.45) is 4.02. The largest absolute Gasteiger partial charge is 0.481 e. The van der Waals surface area contributed by atoms with Crippen molar-refractivity contribution in [3.63, 3.8) is 0 Å². The lowest BCUT2D eigenvalue weighted by Gasteiger charge is -2.25. The average Bonchev–Trinajstić information content (AvgIpc) is 3.04. The Hall–Kier alpha value is -2.11. The van der Waals surface area contributed by atoms with E-state index in [1.807, 2.05) is 4.90 Å². The van der Waals surface area contributed by atoms with E-state index < -0.39 is 11.9 Å². The normalized spacial score (nSPS) is 27.6. The average molecular weight is 276 g/mol. The molecule has 1 N–H and O–H groups in total. The molecule has 2 fully saturated rings. The fourth-order valence-electron chi connectivity index (χ4n) is 3.46. The Morgan fingerprint density at radius 3 is 2.90 bits per heavy atom. The van der Waals surface area contributed by atoms with Crippen LogP contribution in [0.2, 0.25) is 0 Å². The maximum atomic E-state index is 11.8. The molecule has 106 valence electrons. The maximum absolute atomic E-state index is 11.8. The van der Waals surface area contributed by atoms with Crippen molar-refractivity contribution in [2.24, 2.45) is 5.92 Å². The van der Waals surface area contributed by atoms with Crippen LogP contribution in [-0.2, 0) is 9.53 Å². The quantitative estimate of drug-likeness (QED) is 0.838. The fourth-order valence-corrected chi connectivity index (χ4v) is 3.46. The lowest BCUT2D eigenvalue weighted by molar-refractivity contribution is -0.142. The number of hydrogen-bond acceptors (Lipinski definition) is 5. The number of aliphatic carboxylic acids is 1. The van der Waals surface area contributed by atoms with E-state index in [0.717, 1.165) is 12.8 Å². The third-order valence-corrected chi connectivity index (χ3v) is 4.29. The molecule has 0 saturated carbocycles. The Kier molecular flexibility index (Phi) is 3.08. The molecule has 2 aliphatic rings. The zero-order valence-corrected chi connectivity index (χ0v) is 11.2. The Morgan fingerprint density at radius 2 is 2.25 bits per heavy atom. The summed E-state index contributed by atoms with van der Waals surface area (Å²) in [4.78, 5) is 29.4. The van der Waals surface area contributed by atoms with Gasteiger partial charge in [-0.1, -0.05) is 0 Å². The summed E-state index contributed by atoms with van der Waals surface area (Å²) in [5.74, 6) is -1.03. The number of fused-ring (bicyclic) bond motifs is 2. The van der Waals surface area contributed by atoms with Gasteiger partial charge in [-0.3, -0.25) is 4.79 Å².